The smallest absolute Gasteiger partial charge is 0.226 e. The van der Waals surface area contributed by atoms with Crippen LogP contribution in [0.15, 0.2) is 34.7 Å². The summed E-state index contributed by atoms with van der Waals surface area (Å²) in [6.45, 7) is 6.33. The lowest BCUT2D eigenvalue weighted by atomic mass is 10.1. The fraction of sp³-hybridized carbons (Fsp3) is 0.444. The Balaban J connectivity index is 1.67. The van der Waals surface area contributed by atoms with Gasteiger partial charge in [0.25, 0.3) is 0 Å². The molecule has 5 heteroatoms. The normalized spacial score (nSPS) is 19.6. The van der Waals surface area contributed by atoms with Crippen molar-refractivity contribution in [3.63, 3.8) is 0 Å². The van der Waals surface area contributed by atoms with Crippen LogP contribution in [0.25, 0.3) is 11.0 Å². The van der Waals surface area contributed by atoms with Gasteiger partial charge < -0.3 is 14.6 Å². The number of likely N-dealkylation sites (tertiary alicyclic amines) is 1. The Morgan fingerprint density at radius 1 is 1.30 bits per heavy atom. The van der Waals surface area contributed by atoms with E-state index in [4.69, 9.17) is 4.42 Å². The van der Waals surface area contributed by atoms with E-state index in [2.05, 4.69) is 5.32 Å². The second kappa shape index (κ2) is 6.07. The molecule has 1 fully saturated rings. The second-order valence-electron chi connectivity index (χ2n) is 6.46. The molecule has 0 saturated carbocycles. The van der Waals surface area contributed by atoms with Crippen molar-refractivity contribution < 1.29 is 14.0 Å². The first kappa shape index (κ1) is 15.6. The van der Waals surface area contributed by atoms with Crippen molar-refractivity contribution in [1.29, 1.82) is 0 Å². The molecular weight excluding hydrogens is 292 g/mol. The molecule has 0 bridgehead atoms. The topological polar surface area (TPSA) is 62.6 Å². The van der Waals surface area contributed by atoms with Gasteiger partial charge in [-0.2, -0.15) is 0 Å². The zero-order valence-electron chi connectivity index (χ0n) is 13.7. The van der Waals surface area contributed by atoms with Crippen LogP contribution in [-0.2, 0) is 9.59 Å². The molecule has 1 saturated heterocycles. The van der Waals surface area contributed by atoms with Crippen molar-refractivity contribution in [3.8, 4) is 0 Å². The average molecular weight is 314 g/mol. The van der Waals surface area contributed by atoms with Gasteiger partial charge in [0.15, 0.2) is 0 Å². The van der Waals surface area contributed by atoms with Crippen LogP contribution in [0.1, 0.15) is 39.0 Å². The van der Waals surface area contributed by atoms with E-state index in [9.17, 15) is 9.59 Å². The molecule has 0 unspecified atom stereocenters. The fourth-order valence-corrected chi connectivity index (χ4v) is 3.02. The lowest BCUT2D eigenvalue weighted by molar-refractivity contribution is -0.130. The van der Waals surface area contributed by atoms with E-state index in [0.29, 0.717) is 6.54 Å². The highest BCUT2D eigenvalue weighted by molar-refractivity contribution is 5.89. The molecule has 23 heavy (non-hydrogen) atoms. The minimum absolute atomic E-state index is 0.0524. The Morgan fingerprint density at radius 3 is 2.70 bits per heavy atom. The standard InChI is InChI=1S/C18H22N2O3/c1-11(2)20-10-14(9-17(20)21)18(22)19-12(3)16-8-13-6-4-5-7-15(13)23-16/h4-8,11-12,14H,9-10H2,1-3H3,(H,19,22)/t12-,14+/m1/s1. The lowest BCUT2D eigenvalue weighted by Crippen LogP contribution is -2.36. The summed E-state index contributed by atoms with van der Waals surface area (Å²) in [4.78, 5) is 26.1. The minimum Gasteiger partial charge on any atom is -0.459 e. The van der Waals surface area contributed by atoms with Crippen LogP contribution in [0.3, 0.4) is 0 Å². The molecule has 0 radical (unpaired) electrons. The molecule has 1 N–H and O–H groups in total. The molecule has 2 atom stereocenters. The van der Waals surface area contributed by atoms with Crippen LogP contribution in [0.2, 0.25) is 0 Å². The molecular formula is C18H22N2O3. The van der Waals surface area contributed by atoms with Crippen molar-refractivity contribution in [2.75, 3.05) is 6.54 Å². The van der Waals surface area contributed by atoms with E-state index in [1.807, 2.05) is 51.1 Å². The Labute approximate surface area is 135 Å². The zero-order chi connectivity index (χ0) is 16.6. The number of hydrogen-bond donors (Lipinski definition) is 1. The molecule has 122 valence electrons. The summed E-state index contributed by atoms with van der Waals surface area (Å²) in [5.41, 5.74) is 0.811. The first-order valence-corrected chi connectivity index (χ1v) is 8.04. The van der Waals surface area contributed by atoms with Crippen LogP contribution < -0.4 is 5.32 Å². The summed E-state index contributed by atoms with van der Waals surface area (Å²) in [7, 11) is 0. The Hall–Kier alpha value is -2.30. The third kappa shape index (κ3) is 3.09. The Bertz CT molecular complexity index is 702. The predicted molar refractivity (Wildman–Crippen MR) is 87.7 cm³/mol. The summed E-state index contributed by atoms with van der Waals surface area (Å²) in [5, 5.41) is 3.99. The van der Waals surface area contributed by atoms with Gasteiger partial charge in [-0.1, -0.05) is 18.2 Å². The third-order valence-electron chi connectivity index (χ3n) is 4.38. The molecule has 0 aliphatic carbocycles. The number of furan rings is 1. The molecule has 1 aliphatic rings. The number of nitrogens with one attached hydrogen (secondary N) is 1. The zero-order valence-corrected chi connectivity index (χ0v) is 13.7. The van der Waals surface area contributed by atoms with E-state index in [0.717, 1.165) is 16.7 Å². The largest absolute Gasteiger partial charge is 0.459 e. The highest BCUT2D eigenvalue weighted by Gasteiger charge is 2.36. The maximum Gasteiger partial charge on any atom is 0.226 e. The Morgan fingerprint density at radius 2 is 2.04 bits per heavy atom. The van der Waals surface area contributed by atoms with Gasteiger partial charge in [-0.05, 0) is 32.9 Å². The summed E-state index contributed by atoms with van der Waals surface area (Å²) in [6.07, 6.45) is 0.289. The monoisotopic (exact) mass is 314 g/mol. The number of rotatable bonds is 4. The summed E-state index contributed by atoms with van der Waals surface area (Å²) < 4.78 is 5.78. The molecule has 0 spiro atoms. The van der Waals surface area contributed by atoms with Crippen LogP contribution in [0, 0.1) is 5.92 Å². The van der Waals surface area contributed by atoms with Crippen molar-refractivity contribution >= 4 is 22.8 Å². The molecule has 2 amide bonds. The van der Waals surface area contributed by atoms with Gasteiger partial charge >= 0.3 is 0 Å². The fourth-order valence-electron chi connectivity index (χ4n) is 3.02. The van der Waals surface area contributed by atoms with Crippen LogP contribution in [0.5, 0.6) is 0 Å². The van der Waals surface area contributed by atoms with Crippen LogP contribution >= 0.6 is 0 Å². The van der Waals surface area contributed by atoms with Gasteiger partial charge in [0.1, 0.15) is 11.3 Å². The van der Waals surface area contributed by atoms with Gasteiger partial charge in [-0.25, -0.2) is 0 Å². The summed E-state index contributed by atoms with van der Waals surface area (Å²) in [6, 6.07) is 9.61. The number of amides is 2. The van der Waals surface area contributed by atoms with Gasteiger partial charge in [-0.15, -0.1) is 0 Å². The highest BCUT2D eigenvalue weighted by atomic mass is 16.3. The maximum absolute atomic E-state index is 12.4. The number of hydrogen-bond acceptors (Lipinski definition) is 3. The Kier molecular flexibility index (Phi) is 4.11. The van der Waals surface area contributed by atoms with Crippen molar-refractivity contribution in [2.45, 2.75) is 39.3 Å². The number of carbonyl (C=O) groups is 2. The van der Waals surface area contributed by atoms with E-state index >= 15 is 0 Å². The maximum atomic E-state index is 12.4. The van der Waals surface area contributed by atoms with Crippen molar-refractivity contribution in [1.82, 2.24) is 10.2 Å². The number of fused-ring (bicyclic) bond motifs is 1. The van der Waals surface area contributed by atoms with Gasteiger partial charge in [0.05, 0.1) is 12.0 Å². The molecule has 1 aromatic carbocycles. The number of nitrogens with zero attached hydrogens (tertiary/aromatic N) is 1. The number of benzene rings is 1. The lowest BCUT2D eigenvalue weighted by Gasteiger charge is -2.21. The third-order valence-corrected chi connectivity index (χ3v) is 4.38. The van der Waals surface area contributed by atoms with Crippen LogP contribution in [-0.4, -0.2) is 29.3 Å². The summed E-state index contributed by atoms with van der Waals surface area (Å²) >= 11 is 0. The molecule has 3 rings (SSSR count). The molecule has 2 heterocycles. The van der Waals surface area contributed by atoms with E-state index < -0.39 is 0 Å². The van der Waals surface area contributed by atoms with Gasteiger partial charge in [-0.3, -0.25) is 9.59 Å². The molecule has 2 aromatic rings. The SMILES string of the molecule is CC(C)N1C[C@@H](C(=O)N[C@H](C)c2cc3ccccc3o2)CC1=O. The molecule has 1 aromatic heterocycles. The molecule has 5 nitrogen and oxygen atoms in total. The summed E-state index contributed by atoms with van der Waals surface area (Å²) in [5.74, 6) is 0.410. The van der Waals surface area contributed by atoms with Crippen LogP contribution in [0.4, 0.5) is 0 Å². The average Bonchev–Trinajstić information content (AvgIpc) is 3.10. The second-order valence-corrected chi connectivity index (χ2v) is 6.46. The van der Waals surface area contributed by atoms with E-state index in [1.165, 1.54) is 0 Å². The number of carbonyl (C=O) groups excluding carboxylic acids is 2. The number of para-hydroxylation sites is 1. The van der Waals surface area contributed by atoms with E-state index in [1.54, 1.807) is 4.90 Å². The van der Waals surface area contributed by atoms with Gasteiger partial charge in [0, 0.05) is 24.4 Å². The predicted octanol–water partition coefficient (Wildman–Crippen LogP) is 2.87. The highest BCUT2D eigenvalue weighted by Crippen LogP contribution is 2.25. The van der Waals surface area contributed by atoms with Gasteiger partial charge in [0.2, 0.25) is 11.8 Å². The first-order chi connectivity index (χ1) is 11.0. The van der Waals surface area contributed by atoms with E-state index in [-0.39, 0.29) is 36.2 Å². The quantitative estimate of drug-likeness (QED) is 0.944. The van der Waals surface area contributed by atoms with Crippen molar-refractivity contribution in [2.24, 2.45) is 5.92 Å². The minimum atomic E-state index is -0.281. The first-order valence-electron chi connectivity index (χ1n) is 8.04. The molecule has 1 aliphatic heterocycles. The van der Waals surface area contributed by atoms with Crippen molar-refractivity contribution in [3.05, 3.63) is 36.1 Å².